The van der Waals surface area contributed by atoms with Gasteiger partial charge in [-0.15, -0.1) is 0 Å². The Bertz CT molecular complexity index is 614. The van der Waals surface area contributed by atoms with E-state index in [0.29, 0.717) is 11.3 Å². The van der Waals surface area contributed by atoms with Gasteiger partial charge >= 0.3 is 0 Å². The predicted octanol–water partition coefficient (Wildman–Crippen LogP) is 0.315. The van der Waals surface area contributed by atoms with Crippen LogP contribution >= 0.6 is 0 Å². The van der Waals surface area contributed by atoms with Gasteiger partial charge < -0.3 is 15.5 Å². The van der Waals surface area contributed by atoms with E-state index in [1.165, 1.54) is 0 Å². The Hall–Kier alpha value is -2.39. The van der Waals surface area contributed by atoms with Gasteiger partial charge in [-0.1, -0.05) is 6.07 Å². The molecule has 2 amide bonds. The highest BCUT2D eigenvalue weighted by molar-refractivity contribution is 5.93. The lowest BCUT2D eigenvalue weighted by molar-refractivity contribution is -0.885. The van der Waals surface area contributed by atoms with Gasteiger partial charge in [-0.3, -0.25) is 9.59 Å². The second-order valence-corrected chi connectivity index (χ2v) is 6.72. The topological polar surface area (TPSA) is 86.4 Å². The number of rotatable bonds is 5. The molecule has 0 heterocycles. The number of likely N-dealkylation sites (N-methyl/N-ethyl adjacent to an activating group) is 1. The van der Waals surface area contributed by atoms with Crippen LogP contribution in [-0.4, -0.2) is 37.0 Å². The zero-order valence-corrected chi connectivity index (χ0v) is 14.4. The van der Waals surface area contributed by atoms with Gasteiger partial charge in [0.05, 0.1) is 18.7 Å². The minimum Gasteiger partial charge on any atom is -0.347 e. The summed E-state index contributed by atoms with van der Waals surface area (Å²) in [6, 6.07) is 8.37. The van der Waals surface area contributed by atoms with Gasteiger partial charge in [0.15, 0.2) is 12.6 Å². The van der Waals surface area contributed by atoms with Crippen LogP contribution in [0, 0.1) is 11.3 Å². The van der Waals surface area contributed by atoms with Crippen LogP contribution in [0.1, 0.15) is 33.3 Å². The third kappa shape index (κ3) is 6.49. The molecule has 23 heavy (non-hydrogen) atoms. The molecule has 6 heteroatoms. The molecule has 0 radical (unpaired) electrons. The SMILES string of the molecule is C[C@@H](C(=O)Nc1cccc(C#N)c1)[NH+](C)CC(=O)NC(C)(C)C. The average Bonchev–Trinajstić information content (AvgIpc) is 2.44. The summed E-state index contributed by atoms with van der Waals surface area (Å²) >= 11 is 0. The Morgan fingerprint density at radius 3 is 2.57 bits per heavy atom. The van der Waals surface area contributed by atoms with Crippen LogP contribution in [0.4, 0.5) is 5.69 Å². The van der Waals surface area contributed by atoms with Crippen molar-refractivity contribution in [2.45, 2.75) is 39.3 Å². The molecule has 0 bridgehead atoms. The van der Waals surface area contributed by atoms with Crippen molar-refractivity contribution in [3.63, 3.8) is 0 Å². The quantitative estimate of drug-likeness (QED) is 0.731. The van der Waals surface area contributed by atoms with Crippen molar-refractivity contribution in [3.8, 4) is 6.07 Å². The summed E-state index contributed by atoms with van der Waals surface area (Å²) in [7, 11) is 1.80. The third-order valence-electron chi connectivity index (χ3n) is 3.35. The summed E-state index contributed by atoms with van der Waals surface area (Å²) in [6.07, 6.45) is 0. The molecule has 2 atom stereocenters. The first kappa shape index (κ1) is 18.7. The molecule has 0 saturated carbocycles. The number of hydrogen-bond donors (Lipinski definition) is 3. The lowest BCUT2D eigenvalue weighted by Gasteiger charge is -2.24. The highest BCUT2D eigenvalue weighted by Crippen LogP contribution is 2.09. The number of carbonyl (C=O) groups excluding carboxylic acids is 2. The van der Waals surface area contributed by atoms with E-state index in [4.69, 9.17) is 5.26 Å². The number of nitrogens with one attached hydrogen (secondary N) is 3. The Kier molecular flexibility index (Phi) is 6.28. The Morgan fingerprint density at radius 1 is 1.35 bits per heavy atom. The van der Waals surface area contributed by atoms with Crippen molar-refractivity contribution >= 4 is 17.5 Å². The molecule has 124 valence electrons. The van der Waals surface area contributed by atoms with Crippen LogP contribution in [0.15, 0.2) is 24.3 Å². The Labute approximate surface area is 137 Å². The van der Waals surface area contributed by atoms with Gasteiger partial charge in [0.1, 0.15) is 0 Å². The average molecular weight is 317 g/mol. The molecule has 0 saturated heterocycles. The van der Waals surface area contributed by atoms with Gasteiger partial charge in [-0.2, -0.15) is 5.26 Å². The fourth-order valence-electron chi connectivity index (χ4n) is 2.01. The number of benzene rings is 1. The summed E-state index contributed by atoms with van der Waals surface area (Å²) in [4.78, 5) is 25.0. The number of anilines is 1. The van der Waals surface area contributed by atoms with Crippen LogP contribution in [0.5, 0.6) is 0 Å². The lowest BCUT2D eigenvalue weighted by Crippen LogP contribution is -3.15. The summed E-state index contributed by atoms with van der Waals surface area (Å²) in [5.74, 6) is -0.290. The number of quaternary nitrogens is 1. The molecule has 0 aromatic heterocycles. The molecule has 0 fully saturated rings. The maximum atomic E-state index is 12.3. The molecule has 1 rings (SSSR count). The Morgan fingerprint density at radius 2 is 2.00 bits per heavy atom. The number of carbonyl (C=O) groups is 2. The van der Waals surface area contributed by atoms with Crippen LogP contribution < -0.4 is 15.5 Å². The van der Waals surface area contributed by atoms with Gasteiger partial charge in [0, 0.05) is 11.2 Å². The number of nitriles is 1. The second kappa shape index (κ2) is 7.75. The third-order valence-corrected chi connectivity index (χ3v) is 3.35. The second-order valence-electron chi connectivity index (χ2n) is 6.72. The maximum Gasteiger partial charge on any atom is 0.282 e. The van der Waals surface area contributed by atoms with E-state index in [2.05, 4.69) is 10.6 Å². The first-order valence-corrected chi connectivity index (χ1v) is 7.57. The van der Waals surface area contributed by atoms with Crippen molar-refractivity contribution in [2.24, 2.45) is 0 Å². The minimum atomic E-state index is -0.397. The number of hydrogen-bond acceptors (Lipinski definition) is 3. The van der Waals surface area contributed by atoms with E-state index in [1.807, 2.05) is 26.8 Å². The molecular formula is C17H25N4O2+. The maximum absolute atomic E-state index is 12.3. The highest BCUT2D eigenvalue weighted by Gasteiger charge is 2.25. The molecule has 1 aromatic rings. The molecule has 3 N–H and O–H groups in total. The molecule has 1 aromatic carbocycles. The highest BCUT2D eigenvalue weighted by atomic mass is 16.2. The van der Waals surface area contributed by atoms with Gasteiger partial charge in [-0.25, -0.2) is 0 Å². The van der Waals surface area contributed by atoms with Gasteiger partial charge in [0.2, 0.25) is 0 Å². The zero-order valence-electron chi connectivity index (χ0n) is 14.4. The normalized spacial score (nSPS) is 13.6. The Balaban J connectivity index is 2.61. The largest absolute Gasteiger partial charge is 0.347 e. The minimum absolute atomic E-state index is 0.0962. The zero-order chi connectivity index (χ0) is 17.6. The molecule has 0 aliphatic heterocycles. The fraction of sp³-hybridized carbons (Fsp3) is 0.471. The summed E-state index contributed by atoms with van der Waals surface area (Å²) in [6.45, 7) is 7.73. The first-order valence-electron chi connectivity index (χ1n) is 7.57. The van der Waals surface area contributed by atoms with E-state index in [9.17, 15) is 9.59 Å². The van der Waals surface area contributed by atoms with Gasteiger partial charge in [-0.05, 0) is 45.9 Å². The number of amides is 2. The van der Waals surface area contributed by atoms with Crippen molar-refractivity contribution in [1.29, 1.82) is 5.26 Å². The van der Waals surface area contributed by atoms with Crippen LogP contribution in [0.2, 0.25) is 0 Å². The predicted molar refractivity (Wildman–Crippen MR) is 88.9 cm³/mol. The standard InChI is InChI=1S/C17H24N4O2/c1-12(21(5)11-15(22)20-17(2,3)4)16(23)19-14-8-6-7-13(9-14)10-18/h6-9,12H,11H2,1-5H3,(H,19,23)(H,20,22)/p+1/t12-/m0/s1. The van der Waals surface area contributed by atoms with E-state index < -0.39 is 6.04 Å². The lowest BCUT2D eigenvalue weighted by atomic mass is 10.1. The summed E-state index contributed by atoms with van der Waals surface area (Å²) in [5, 5.41) is 14.5. The summed E-state index contributed by atoms with van der Waals surface area (Å²) < 4.78 is 0. The molecule has 0 spiro atoms. The molecule has 6 nitrogen and oxygen atoms in total. The van der Waals surface area contributed by atoms with Crippen molar-refractivity contribution < 1.29 is 14.5 Å². The monoisotopic (exact) mass is 317 g/mol. The van der Waals surface area contributed by atoms with Crippen LogP contribution in [0.25, 0.3) is 0 Å². The van der Waals surface area contributed by atoms with Gasteiger partial charge in [0.25, 0.3) is 11.8 Å². The van der Waals surface area contributed by atoms with Crippen molar-refractivity contribution in [3.05, 3.63) is 29.8 Å². The molecule has 0 aliphatic rings. The van der Waals surface area contributed by atoms with Crippen LogP contribution in [-0.2, 0) is 9.59 Å². The summed E-state index contributed by atoms with van der Waals surface area (Å²) in [5.41, 5.74) is 0.772. The van der Waals surface area contributed by atoms with E-state index >= 15 is 0 Å². The van der Waals surface area contributed by atoms with E-state index in [-0.39, 0.29) is 23.9 Å². The van der Waals surface area contributed by atoms with Crippen LogP contribution in [0.3, 0.4) is 0 Å². The number of nitrogens with zero attached hydrogens (tertiary/aromatic N) is 1. The first-order chi connectivity index (χ1) is 10.6. The smallest absolute Gasteiger partial charge is 0.282 e. The van der Waals surface area contributed by atoms with Crippen molar-refractivity contribution in [1.82, 2.24) is 5.32 Å². The van der Waals surface area contributed by atoms with E-state index in [1.54, 1.807) is 38.2 Å². The van der Waals surface area contributed by atoms with Crippen molar-refractivity contribution in [2.75, 3.05) is 18.9 Å². The van der Waals surface area contributed by atoms with E-state index in [0.717, 1.165) is 4.90 Å². The molecule has 1 unspecified atom stereocenters. The molecule has 0 aliphatic carbocycles. The fourth-order valence-corrected chi connectivity index (χ4v) is 2.01. The molecular weight excluding hydrogens is 292 g/mol.